The van der Waals surface area contributed by atoms with E-state index in [1.54, 1.807) is 12.1 Å². The number of amides is 2. The molecule has 0 saturated carbocycles. The summed E-state index contributed by atoms with van der Waals surface area (Å²) in [6.45, 7) is 0.164. The van der Waals surface area contributed by atoms with Crippen LogP contribution in [0.25, 0.3) is 0 Å². The van der Waals surface area contributed by atoms with Gasteiger partial charge in [-0.1, -0.05) is 18.6 Å². The van der Waals surface area contributed by atoms with Gasteiger partial charge in [0.1, 0.15) is 11.8 Å². The molecule has 0 fully saturated rings. The van der Waals surface area contributed by atoms with Crippen molar-refractivity contribution >= 4 is 17.8 Å². The van der Waals surface area contributed by atoms with Crippen molar-refractivity contribution in [1.29, 1.82) is 0 Å². The van der Waals surface area contributed by atoms with Crippen LogP contribution in [0, 0.1) is 0 Å². The second kappa shape index (κ2) is 11.1. The molecule has 0 bridgehead atoms. The summed E-state index contributed by atoms with van der Waals surface area (Å²) in [7, 11) is 0. The summed E-state index contributed by atoms with van der Waals surface area (Å²) in [6, 6.07) is 4.12. The minimum Gasteiger partial charge on any atom is -0.508 e. The van der Waals surface area contributed by atoms with E-state index in [1.165, 1.54) is 12.1 Å². The third-order valence-corrected chi connectivity index (χ3v) is 3.74. The highest BCUT2D eigenvalue weighted by Crippen LogP contribution is 2.11. The Kier molecular flexibility index (Phi) is 9.10. The Labute approximate surface area is 151 Å². The molecule has 2 amide bonds. The molecule has 144 valence electrons. The standard InChI is InChI=1S/C17H26N4O5/c18-8-2-1-3-13(19)16(24)20-10-15(23)21-14(17(25)26)9-11-4-6-12(22)7-5-11/h4-7,13-14,22H,1-3,8-10,18-19H2,(H,20,24)(H,21,23)(H,25,26)/t13-,14-/m0/s1. The number of carboxylic acid groups (broad SMARTS) is 1. The van der Waals surface area contributed by atoms with Crippen molar-refractivity contribution in [3.8, 4) is 5.75 Å². The molecule has 0 aliphatic heterocycles. The number of aromatic hydroxyl groups is 1. The van der Waals surface area contributed by atoms with Crippen molar-refractivity contribution < 1.29 is 24.6 Å². The molecule has 2 atom stereocenters. The van der Waals surface area contributed by atoms with Crippen LogP contribution in [0.3, 0.4) is 0 Å². The molecular weight excluding hydrogens is 340 g/mol. The van der Waals surface area contributed by atoms with E-state index in [0.717, 1.165) is 6.42 Å². The molecule has 1 aromatic carbocycles. The van der Waals surface area contributed by atoms with Gasteiger partial charge in [-0.25, -0.2) is 4.79 Å². The Hall–Kier alpha value is -2.65. The van der Waals surface area contributed by atoms with Gasteiger partial charge in [0.15, 0.2) is 0 Å². The molecule has 0 aromatic heterocycles. The van der Waals surface area contributed by atoms with Crippen LogP contribution >= 0.6 is 0 Å². The zero-order chi connectivity index (χ0) is 19.5. The highest BCUT2D eigenvalue weighted by molar-refractivity contribution is 5.89. The van der Waals surface area contributed by atoms with Crippen LogP contribution in [0.1, 0.15) is 24.8 Å². The Morgan fingerprint density at radius 3 is 2.35 bits per heavy atom. The number of rotatable bonds is 11. The molecule has 0 heterocycles. The summed E-state index contributed by atoms with van der Waals surface area (Å²) in [5.74, 6) is -2.23. The lowest BCUT2D eigenvalue weighted by molar-refractivity contribution is -0.141. The van der Waals surface area contributed by atoms with Gasteiger partial charge in [0.2, 0.25) is 11.8 Å². The Balaban J connectivity index is 2.46. The number of nitrogens with one attached hydrogen (secondary N) is 2. The summed E-state index contributed by atoms with van der Waals surface area (Å²) in [6.07, 6.45) is 1.99. The number of carbonyl (C=O) groups is 3. The van der Waals surface area contributed by atoms with Gasteiger partial charge in [-0.05, 0) is 37.1 Å². The second-order valence-electron chi connectivity index (χ2n) is 5.94. The Bertz CT molecular complexity index is 606. The fraction of sp³-hybridized carbons (Fsp3) is 0.471. The maximum absolute atomic E-state index is 11.9. The Morgan fingerprint density at radius 1 is 1.12 bits per heavy atom. The summed E-state index contributed by atoms with van der Waals surface area (Å²) in [5, 5.41) is 23.2. The number of benzene rings is 1. The van der Waals surface area contributed by atoms with E-state index in [2.05, 4.69) is 10.6 Å². The number of carbonyl (C=O) groups excluding carboxylic acids is 2. The smallest absolute Gasteiger partial charge is 0.326 e. The summed E-state index contributed by atoms with van der Waals surface area (Å²) in [4.78, 5) is 35.0. The summed E-state index contributed by atoms with van der Waals surface area (Å²) >= 11 is 0. The minimum atomic E-state index is -1.20. The number of hydrogen-bond donors (Lipinski definition) is 6. The monoisotopic (exact) mass is 366 g/mol. The number of nitrogens with two attached hydrogens (primary N) is 2. The maximum Gasteiger partial charge on any atom is 0.326 e. The van der Waals surface area contributed by atoms with Gasteiger partial charge in [-0.3, -0.25) is 9.59 Å². The van der Waals surface area contributed by atoms with Gasteiger partial charge in [0, 0.05) is 6.42 Å². The largest absolute Gasteiger partial charge is 0.508 e. The highest BCUT2D eigenvalue weighted by atomic mass is 16.4. The van der Waals surface area contributed by atoms with Gasteiger partial charge in [-0.15, -0.1) is 0 Å². The molecule has 9 heteroatoms. The lowest BCUT2D eigenvalue weighted by atomic mass is 10.1. The fourth-order valence-corrected chi connectivity index (χ4v) is 2.25. The van der Waals surface area contributed by atoms with E-state index in [-0.39, 0.29) is 18.7 Å². The first-order chi connectivity index (χ1) is 12.3. The van der Waals surface area contributed by atoms with Gasteiger partial charge in [0.25, 0.3) is 0 Å². The average molecular weight is 366 g/mol. The van der Waals surface area contributed by atoms with Crippen LogP contribution in [0.4, 0.5) is 0 Å². The molecule has 0 aliphatic carbocycles. The molecule has 1 aromatic rings. The van der Waals surface area contributed by atoms with Crippen LogP contribution in [-0.4, -0.2) is 53.2 Å². The van der Waals surface area contributed by atoms with Crippen molar-refractivity contribution in [2.75, 3.05) is 13.1 Å². The van der Waals surface area contributed by atoms with E-state index < -0.39 is 29.9 Å². The van der Waals surface area contributed by atoms with E-state index >= 15 is 0 Å². The first kappa shape index (κ1) is 21.4. The number of phenols is 1. The van der Waals surface area contributed by atoms with Crippen LogP contribution < -0.4 is 22.1 Å². The van der Waals surface area contributed by atoms with Crippen molar-refractivity contribution in [2.45, 2.75) is 37.8 Å². The normalized spacial score (nSPS) is 12.8. The van der Waals surface area contributed by atoms with Crippen molar-refractivity contribution in [2.24, 2.45) is 11.5 Å². The molecule has 8 N–H and O–H groups in total. The third-order valence-electron chi connectivity index (χ3n) is 3.74. The molecule has 0 saturated heterocycles. The molecule has 0 unspecified atom stereocenters. The second-order valence-corrected chi connectivity index (χ2v) is 5.94. The minimum absolute atomic E-state index is 0.0495. The average Bonchev–Trinajstić information content (AvgIpc) is 2.60. The van der Waals surface area contributed by atoms with E-state index in [4.69, 9.17) is 11.5 Å². The summed E-state index contributed by atoms with van der Waals surface area (Å²) < 4.78 is 0. The first-order valence-electron chi connectivity index (χ1n) is 8.37. The van der Waals surface area contributed by atoms with Crippen LogP contribution in [0.5, 0.6) is 5.75 Å². The van der Waals surface area contributed by atoms with Gasteiger partial charge >= 0.3 is 5.97 Å². The molecule has 0 radical (unpaired) electrons. The predicted octanol–water partition coefficient (Wildman–Crippen LogP) is -0.923. The number of unbranched alkanes of at least 4 members (excludes halogenated alkanes) is 1. The molecule has 0 aliphatic rings. The third kappa shape index (κ3) is 7.95. The quantitative estimate of drug-likeness (QED) is 0.275. The van der Waals surface area contributed by atoms with E-state index in [0.29, 0.717) is 24.9 Å². The van der Waals surface area contributed by atoms with Crippen LogP contribution in [0.2, 0.25) is 0 Å². The highest BCUT2D eigenvalue weighted by Gasteiger charge is 2.21. The fourth-order valence-electron chi connectivity index (χ4n) is 2.25. The number of aliphatic carboxylic acids is 1. The molecule has 1 rings (SSSR count). The van der Waals surface area contributed by atoms with E-state index in [1.807, 2.05) is 0 Å². The van der Waals surface area contributed by atoms with Gasteiger partial charge in [0.05, 0.1) is 12.6 Å². The lowest BCUT2D eigenvalue weighted by Crippen LogP contribution is -2.49. The Morgan fingerprint density at radius 2 is 1.77 bits per heavy atom. The number of carboxylic acids is 1. The lowest BCUT2D eigenvalue weighted by Gasteiger charge is -2.16. The summed E-state index contributed by atoms with van der Waals surface area (Å²) in [5.41, 5.74) is 11.7. The zero-order valence-corrected chi connectivity index (χ0v) is 14.5. The number of phenolic OH excluding ortho intramolecular Hbond substituents is 1. The van der Waals surface area contributed by atoms with Crippen LogP contribution in [0.15, 0.2) is 24.3 Å². The maximum atomic E-state index is 11.9. The van der Waals surface area contributed by atoms with Crippen molar-refractivity contribution in [3.05, 3.63) is 29.8 Å². The van der Waals surface area contributed by atoms with Gasteiger partial charge < -0.3 is 32.3 Å². The SMILES string of the molecule is NCCCC[C@H](N)C(=O)NCC(=O)N[C@@H](Cc1ccc(O)cc1)C(=O)O. The van der Waals surface area contributed by atoms with E-state index in [9.17, 15) is 24.6 Å². The van der Waals surface area contributed by atoms with Crippen molar-refractivity contribution in [3.63, 3.8) is 0 Å². The zero-order valence-electron chi connectivity index (χ0n) is 14.5. The molecule has 0 spiro atoms. The van der Waals surface area contributed by atoms with Crippen LogP contribution in [-0.2, 0) is 20.8 Å². The molecular formula is C17H26N4O5. The van der Waals surface area contributed by atoms with Gasteiger partial charge in [-0.2, -0.15) is 0 Å². The number of hydrogen-bond acceptors (Lipinski definition) is 6. The first-order valence-corrected chi connectivity index (χ1v) is 8.37. The van der Waals surface area contributed by atoms with Crippen molar-refractivity contribution in [1.82, 2.24) is 10.6 Å². The topological polar surface area (TPSA) is 168 Å². The molecule has 9 nitrogen and oxygen atoms in total. The predicted molar refractivity (Wildman–Crippen MR) is 95.3 cm³/mol. The molecule has 26 heavy (non-hydrogen) atoms.